The van der Waals surface area contributed by atoms with Gasteiger partial charge in [0, 0.05) is 0 Å². The van der Waals surface area contributed by atoms with E-state index in [-0.39, 0.29) is 81.6 Å². The topological polar surface area (TPSA) is 195 Å². The van der Waals surface area contributed by atoms with Gasteiger partial charge < -0.3 is 0 Å². The van der Waals surface area contributed by atoms with E-state index in [4.69, 9.17) is 17.5 Å². The van der Waals surface area contributed by atoms with Crippen molar-refractivity contribution in [1.82, 2.24) is 0 Å². The summed E-state index contributed by atoms with van der Waals surface area (Å²) < 4.78 is 122. The van der Waals surface area contributed by atoms with Crippen LogP contribution in [-0.2, 0) is 68.3 Å². The van der Waals surface area contributed by atoms with Gasteiger partial charge in [-0.05, 0) is 37.1 Å². The first-order valence-corrected chi connectivity index (χ1v) is 24.2. The SMILES string of the molecule is CCCCCCCCCCCCOS(=O)(=O)c1ccccc1S(=O)(=O)O.CCCCCCCCCCCCOS(=O)(=O)c1ccccc1S(=O)(=O)O.[Ba+2].[Zn+2]. The Morgan fingerprint density at radius 2 is 0.630 bits per heavy atom. The van der Waals surface area contributed by atoms with E-state index in [9.17, 15) is 33.7 Å². The number of unbranched alkanes of at least 4 members (excludes halogenated alkanes) is 18. The van der Waals surface area contributed by atoms with Gasteiger partial charge in [0.2, 0.25) is 0 Å². The Morgan fingerprint density at radius 1 is 0.407 bits per heavy atom. The monoisotopic (exact) mass is 1010 g/mol. The summed E-state index contributed by atoms with van der Waals surface area (Å²) in [5.41, 5.74) is 0. The molecule has 0 radical (unpaired) electrons. The molecule has 2 N–H and O–H groups in total. The van der Waals surface area contributed by atoms with Crippen LogP contribution in [0.1, 0.15) is 142 Å². The predicted octanol–water partition coefficient (Wildman–Crippen LogP) is 8.74. The van der Waals surface area contributed by atoms with Gasteiger partial charge in [0.1, 0.15) is 19.6 Å². The molecule has 12 nitrogen and oxygen atoms in total. The second-order valence-corrected chi connectivity index (χ2v) is 18.7. The molecule has 2 aromatic rings. The second kappa shape index (κ2) is 31.2. The zero-order valence-electron chi connectivity index (χ0n) is 32.2. The molecular formula is C36H60BaO12S4Zn+4. The number of benzene rings is 2. The predicted molar refractivity (Wildman–Crippen MR) is 208 cm³/mol. The Balaban J connectivity index is 0. The Morgan fingerprint density at radius 3 is 0.870 bits per heavy atom. The van der Waals surface area contributed by atoms with Gasteiger partial charge in [-0.1, -0.05) is 154 Å². The molecule has 2 aromatic carbocycles. The summed E-state index contributed by atoms with van der Waals surface area (Å²) in [5.74, 6) is 0. The normalized spacial score (nSPS) is 11.9. The van der Waals surface area contributed by atoms with Crippen molar-refractivity contribution < 1.29 is 70.6 Å². The number of rotatable bonds is 28. The zero-order valence-corrected chi connectivity index (χ0v) is 42.9. The van der Waals surface area contributed by atoms with Crippen molar-refractivity contribution in [2.75, 3.05) is 13.2 Å². The molecule has 0 saturated carbocycles. The van der Waals surface area contributed by atoms with Crippen molar-refractivity contribution in [3.05, 3.63) is 48.5 Å². The Labute approximate surface area is 379 Å². The summed E-state index contributed by atoms with van der Waals surface area (Å²) in [5, 5.41) is 0. The van der Waals surface area contributed by atoms with Crippen molar-refractivity contribution in [3.8, 4) is 0 Å². The molecule has 2 rings (SSSR count). The number of hydrogen-bond donors (Lipinski definition) is 2. The largest absolute Gasteiger partial charge is 2.00 e. The minimum atomic E-state index is -4.63. The van der Waals surface area contributed by atoms with Gasteiger partial charge in [-0.25, -0.2) is 0 Å². The van der Waals surface area contributed by atoms with Crippen molar-refractivity contribution in [3.63, 3.8) is 0 Å². The quantitative estimate of drug-likeness (QED) is 0.0357. The molecule has 0 amide bonds. The molecule has 0 aliphatic heterocycles. The summed E-state index contributed by atoms with van der Waals surface area (Å²) in [6.07, 6.45) is 22.4. The summed E-state index contributed by atoms with van der Waals surface area (Å²) in [4.78, 5) is -2.39. The van der Waals surface area contributed by atoms with Crippen LogP contribution >= 0.6 is 0 Å². The van der Waals surface area contributed by atoms with Crippen LogP contribution in [0, 0.1) is 0 Å². The van der Waals surface area contributed by atoms with Crippen molar-refractivity contribution >= 4 is 89.4 Å². The van der Waals surface area contributed by atoms with Gasteiger partial charge in [-0.3, -0.25) is 17.5 Å². The fourth-order valence-corrected chi connectivity index (χ4v) is 9.82. The minimum Gasteiger partial charge on any atom is -0.282 e. The van der Waals surface area contributed by atoms with E-state index in [0.29, 0.717) is 12.8 Å². The standard InChI is InChI=1S/2C18H30O6S2.Ba.Zn/c2*1-2-3-4-5-6-7-8-9-10-13-16-24-26(22,23)18-15-12-11-14-17(18)25(19,20)21;;/h2*11-12,14-15H,2-10,13,16H2,1H3,(H,19,20,21);;/q;;2*+2. The van der Waals surface area contributed by atoms with E-state index >= 15 is 0 Å². The molecule has 18 heteroatoms. The third-order valence-corrected chi connectivity index (χ3v) is 13.1. The third-order valence-electron chi connectivity index (χ3n) is 8.27. The van der Waals surface area contributed by atoms with E-state index in [1.165, 1.54) is 101 Å². The first kappa shape index (κ1) is 56.4. The first-order valence-electron chi connectivity index (χ1n) is 18.5. The zero-order chi connectivity index (χ0) is 38.9. The molecule has 0 bridgehead atoms. The van der Waals surface area contributed by atoms with Crippen LogP contribution in [0.25, 0.3) is 0 Å². The van der Waals surface area contributed by atoms with E-state index in [1.54, 1.807) is 0 Å². The first-order chi connectivity index (χ1) is 24.6. The average molecular weight is 1020 g/mol. The summed E-state index contributed by atoms with van der Waals surface area (Å²) >= 11 is 0. The fourth-order valence-electron chi connectivity index (χ4n) is 5.38. The molecule has 0 aromatic heterocycles. The molecule has 0 aliphatic carbocycles. The van der Waals surface area contributed by atoms with Crippen molar-refractivity contribution in [2.45, 2.75) is 162 Å². The summed E-state index contributed by atoms with van der Waals surface area (Å²) in [7, 11) is -17.7. The molecule has 0 atom stereocenters. The van der Waals surface area contributed by atoms with E-state index in [1.807, 2.05) is 0 Å². The Kier molecular flexibility index (Phi) is 32.6. The summed E-state index contributed by atoms with van der Waals surface area (Å²) in [6.45, 7) is 4.39. The van der Waals surface area contributed by atoms with Crippen LogP contribution in [0.4, 0.5) is 0 Å². The van der Waals surface area contributed by atoms with Crippen LogP contribution in [0.15, 0.2) is 68.1 Å². The maximum absolute atomic E-state index is 12.2. The third kappa shape index (κ3) is 24.9. The van der Waals surface area contributed by atoms with Crippen LogP contribution in [0.5, 0.6) is 0 Å². The van der Waals surface area contributed by atoms with Crippen LogP contribution < -0.4 is 0 Å². The van der Waals surface area contributed by atoms with Gasteiger partial charge in [0.15, 0.2) is 0 Å². The van der Waals surface area contributed by atoms with Gasteiger partial charge in [0.25, 0.3) is 40.5 Å². The smallest absolute Gasteiger partial charge is 0.282 e. The summed E-state index contributed by atoms with van der Waals surface area (Å²) in [6, 6.07) is 9.72. The molecule has 0 saturated heterocycles. The molecule has 54 heavy (non-hydrogen) atoms. The van der Waals surface area contributed by atoms with Crippen molar-refractivity contribution in [2.24, 2.45) is 0 Å². The van der Waals surface area contributed by atoms with Crippen LogP contribution in [0.3, 0.4) is 0 Å². The van der Waals surface area contributed by atoms with Crippen LogP contribution in [-0.4, -0.2) is 105 Å². The molecule has 300 valence electrons. The van der Waals surface area contributed by atoms with E-state index < -0.39 is 60.1 Å². The molecule has 0 aliphatic rings. The average Bonchev–Trinajstić information content (AvgIpc) is 3.09. The van der Waals surface area contributed by atoms with Gasteiger partial charge in [-0.15, -0.1) is 0 Å². The van der Waals surface area contributed by atoms with Crippen molar-refractivity contribution in [1.29, 1.82) is 0 Å². The van der Waals surface area contributed by atoms with Gasteiger partial charge >= 0.3 is 68.4 Å². The Hall–Kier alpha value is 0.275. The van der Waals surface area contributed by atoms with Gasteiger partial charge in [0.05, 0.1) is 13.2 Å². The molecule has 0 spiro atoms. The van der Waals surface area contributed by atoms with E-state index in [2.05, 4.69) is 13.8 Å². The maximum Gasteiger partial charge on any atom is 2.00 e. The number of hydrogen-bond acceptors (Lipinski definition) is 10. The minimum absolute atomic E-state index is 0. The Bertz CT molecular complexity index is 1590. The molecule has 0 heterocycles. The molecule has 0 unspecified atom stereocenters. The second-order valence-electron chi connectivity index (χ2n) is 12.8. The van der Waals surface area contributed by atoms with Crippen LogP contribution in [0.2, 0.25) is 0 Å². The molecular weight excluding hydrogens is 955 g/mol. The fraction of sp³-hybridized carbons (Fsp3) is 0.667. The van der Waals surface area contributed by atoms with Gasteiger partial charge in [-0.2, -0.15) is 33.7 Å². The molecule has 0 fully saturated rings. The van der Waals surface area contributed by atoms with E-state index in [0.717, 1.165) is 62.8 Å². The maximum atomic E-state index is 12.2.